The molecule has 3 N–H and O–H groups in total. The van der Waals surface area contributed by atoms with E-state index in [-0.39, 0.29) is 18.2 Å². The highest BCUT2D eigenvalue weighted by molar-refractivity contribution is 6.01. The molecule has 0 bridgehead atoms. The van der Waals surface area contributed by atoms with Gasteiger partial charge >= 0.3 is 0 Å². The molecule has 2 aliphatic rings. The van der Waals surface area contributed by atoms with Gasteiger partial charge in [-0.2, -0.15) is 9.61 Å². The van der Waals surface area contributed by atoms with Gasteiger partial charge in [0.25, 0.3) is 5.91 Å². The molecule has 1 aliphatic heterocycles. The molecule has 6 rings (SSSR count). The zero-order valence-electron chi connectivity index (χ0n) is 19.2. The summed E-state index contributed by atoms with van der Waals surface area (Å²) in [7, 11) is 1.77. The molecule has 4 atom stereocenters. The van der Waals surface area contributed by atoms with Crippen LogP contribution >= 0.6 is 0 Å². The zero-order valence-corrected chi connectivity index (χ0v) is 19.2. The first-order valence-corrected chi connectivity index (χ1v) is 11.8. The number of nitrogens with one attached hydrogen (secondary N) is 2. The number of aromatic nitrogens is 5. The van der Waals surface area contributed by atoms with Gasteiger partial charge in [0.05, 0.1) is 36.7 Å². The summed E-state index contributed by atoms with van der Waals surface area (Å²) >= 11 is 0. The van der Waals surface area contributed by atoms with Crippen LogP contribution in [-0.4, -0.2) is 73.7 Å². The van der Waals surface area contributed by atoms with Crippen LogP contribution in [0.4, 0.5) is 10.2 Å². The number of amides is 1. The molecule has 0 aromatic carbocycles. The topological polar surface area (TPSA) is 119 Å². The number of hydrogen-bond donors (Lipinski definition) is 3. The first-order valence-electron chi connectivity index (χ1n) is 11.8. The lowest BCUT2D eigenvalue weighted by Crippen LogP contribution is -2.48. The van der Waals surface area contributed by atoms with E-state index in [1.54, 1.807) is 17.8 Å². The zero-order chi connectivity index (χ0) is 24.1. The van der Waals surface area contributed by atoms with Crippen molar-refractivity contribution in [1.82, 2.24) is 29.5 Å². The second-order valence-corrected chi connectivity index (χ2v) is 9.07. The summed E-state index contributed by atoms with van der Waals surface area (Å²) in [6.45, 7) is 0.836. The van der Waals surface area contributed by atoms with Crippen molar-refractivity contribution in [2.45, 2.75) is 43.6 Å². The minimum absolute atomic E-state index is 0.171. The van der Waals surface area contributed by atoms with Crippen molar-refractivity contribution in [3.05, 3.63) is 42.4 Å². The van der Waals surface area contributed by atoms with Crippen molar-refractivity contribution in [2.24, 2.45) is 0 Å². The van der Waals surface area contributed by atoms with Crippen LogP contribution in [0.3, 0.4) is 0 Å². The number of anilines is 1. The second-order valence-electron chi connectivity index (χ2n) is 9.07. The average molecular weight is 480 g/mol. The lowest BCUT2D eigenvalue weighted by atomic mass is 9.90. The van der Waals surface area contributed by atoms with Gasteiger partial charge in [-0.3, -0.25) is 4.79 Å². The first-order chi connectivity index (χ1) is 17.0. The Bertz CT molecular complexity index is 1420. The van der Waals surface area contributed by atoms with Crippen LogP contribution in [0.15, 0.2) is 36.8 Å². The molecule has 10 nitrogen and oxygen atoms in total. The molecule has 4 aromatic rings. The van der Waals surface area contributed by atoms with E-state index in [0.717, 1.165) is 16.6 Å². The number of alkyl halides is 1. The minimum atomic E-state index is -1.02. The number of hydrogen-bond acceptors (Lipinski definition) is 7. The van der Waals surface area contributed by atoms with Gasteiger partial charge in [0.1, 0.15) is 23.2 Å². The molecule has 0 radical (unpaired) electrons. The number of fused-ring (bicyclic) bond motifs is 2. The van der Waals surface area contributed by atoms with E-state index < -0.39 is 24.2 Å². The molecule has 1 unspecified atom stereocenters. The van der Waals surface area contributed by atoms with Crippen LogP contribution in [0.25, 0.3) is 27.9 Å². The lowest BCUT2D eigenvalue weighted by Gasteiger charge is -2.30. The lowest BCUT2D eigenvalue weighted by molar-refractivity contribution is -0.0375. The van der Waals surface area contributed by atoms with Gasteiger partial charge in [-0.25, -0.2) is 14.4 Å². The predicted octanol–water partition coefficient (Wildman–Crippen LogP) is 2.34. The molecule has 1 saturated heterocycles. The van der Waals surface area contributed by atoms with E-state index >= 15 is 0 Å². The van der Waals surface area contributed by atoms with E-state index in [0.29, 0.717) is 43.0 Å². The van der Waals surface area contributed by atoms with E-state index in [2.05, 4.69) is 20.7 Å². The quantitative estimate of drug-likeness (QED) is 0.402. The third-order valence-corrected chi connectivity index (χ3v) is 6.99. The fraction of sp³-hybridized carbons (Fsp3) is 0.417. The molecule has 182 valence electrons. The number of carbonyl (C=O) groups is 1. The Labute approximate surface area is 200 Å². The standard InChI is InChI=1S/C24H26FN7O3/c1-26-21-9-18(29-23-14(10-28-32(21)23)24(34)30-17-5-4-16(17)25)15-11-31(19-6-8-35-12-20(19)33)22-13(15)3-2-7-27-22/h2-3,7,9-11,16-17,19-20,26,33H,4-6,8,12H2,1H3,(H,30,34)/t16-,17?,19-,20-/m1/s1. The Balaban J connectivity index is 1.47. The van der Waals surface area contributed by atoms with Crippen molar-refractivity contribution >= 4 is 28.4 Å². The number of pyridine rings is 1. The van der Waals surface area contributed by atoms with Gasteiger partial charge in [0.15, 0.2) is 5.65 Å². The maximum Gasteiger partial charge on any atom is 0.257 e. The molecule has 11 heteroatoms. The maximum atomic E-state index is 13.7. The van der Waals surface area contributed by atoms with Crippen molar-refractivity contribution in [3.8, 4) is 11.3 Å². The summed E-state index contributed by atoms with van der Waals surface area (Å²) in [5.41, 5.74) is 2.84. The SMILES string of the molecule is CNc1cc(-c2cn([C@@H]3CCOC[C@H]3O)c3ncccc23)nc2c(C(=O)NC3CC[C@H]3F)cnn12. The molecule has 1 saturated carbocycles. The molecule has 2 fully saturated rings. The van der Waals surface area contributed by atoms with Gasteiger partial charge in [0, 0.05) is 43.1 Å². The van der Waals surface area contributed by atoms with Crippen LogP contribution in [0.2, 0.25) is 0 Å². The Hall–Kier alpha value is -3.57. The second kappa shape index (κ2) is 8.58. The van der Waals surface area contributed by atoms with Crippen molar-refractivity contribution < 1.29 is 19.0 Å². The van der Waals surface area contributed by atoms with Gasteiger partial charge in [-0.05, 0) is 31.4 Å². The van der Waals surface area contributed by atoms with Crippen LogP contribution in [0.1, 0.15) is 35.7 Å². The molecule has 0 spiro atoms. The maximum absolute atomic E-state index is 13.7. The Morgan fingerprint density at radius 2 is 2.17 bits per heavy atom. The van der Waals surface area contributed by atoms with E-state index in [4.69, 9.17) is 9.72 Å². The van der Waals surface area contributed by atoms with Gasteiger partial charge < -0.3 is 25.0 Å². The normalized spacial score (nSPS) is 24.4. The average Bonchev–Trinajstić information content (AvgIpc) is 3.48. The number of aliphatic hydroxyl groups is 1. The highest BCUT2D eigenvalue weighted by Gasteiger charge is 2.33. The summed E-state index contributed by atoms with van der Waals surface area (Å²) in [5.74, 6) is 0.250. The number of halogens is 1. The van der Waals surface area contributed by atoms with E-state index in [1.807, 2.05) is 29.0 Å². The minimum Gasteiger partial charge on any atom is -0.389 e. The predicted molar refractivity (Wildman–Crippen MR) is 127 cm³/mol. The number of carbonyl (C=O) groups excluding carboxylic acids is 1. The van der Waals surface area contributed by atoms with Crippen LogP contribution < -0.4 is 10.6 Å². The third-order valence-electron chi connectivity index (χ3n) is 6.99. The highest BCUT2D eigenvalue weighted by Crippen LogP contribution is 2.35. The third kappa shape index (κ3) is 3.62. The van der Waals surface area contributed by atoms with Gasteiger partial charge in [-0.1, -0.05) is 0 Å². The summed E-state index contributed by atoms with van der Waals surface area (Å²) in [5, 5.41) is 21.7. The fourth-order valence-electron chi connectivity index (χ4n) is 4.88. The monoisotopic (exact) mass is 479 g/mol. The van der Waals surface area contributed by atoms with Crippen LogP contribution in [0, 0.1) is 0 Å². The number of nitrogens with zero attached hydrogens (tertiary/aromatic N) is 5. The van der Waals surface area contributed by atoms with Gasteiger partial charge in [-0.15, -0.1) is 0 Å². The smallest absolute Gasteiger partial charge is 0.257 e. The molecule has 5 heterocycles. The summed E-state index contributed by atoms with van der Waals surface area (Å²) in [6, 6.07) is 5.04. The highest BCUT2D eigenvalue weighted by atomic mass is 19.1. The van der Waals surface area contributed by atoms with Crippen molar-refractivity contribution in [1.29, 1.82) is 0 Å². The number of ether oxygens (including phenoxy) is 1. The number of aliphatic hydroxyl groups excluding tert-OH is 1. The fourth-order valence-corrected chi connectivity index (χ4v) is 4.88. The van der Waals surface area contributed by atoms with Crippen molar-refractivity contribution in [2.75, 3.05) is 25.6 Å². The van der Waals surface area contributed by atoms with Crippen LogP contribution in [-0.2, 0) is 4.74 Å². The molecule has 1 amide bonds. The van der Waals surface area contributed by atoms with E-state index in [1.165, 1.54) is 6.20 Å². The number of rotatable bonds is 5. The summed E-state index contributed by atoms with van der Waals surface area (Å²) in [4.78, 5) is 22.3. The first kappa shape index (κ1) is 21.9. The van der Waals surface area contributed by atoms with Crippen LogP contribution in [0.5, 0.6) is 0 Å². The Morgan fingerprint density at radius 3 is 2.91 bits per heavy atom. The molecule has 35 heavy (non-hydrogen) atoms. The molecule has 1 aliphatic carbocycles. The van der Waals surface area contributed by atoms with E-state index in [9.17, 15) is 14.3 Å². The largest absolute Gasteiger partial charge is 0.389 e. The summed E-state index contributed by atoms with van der Waals surface area (Å²) in [6.07, 6.45) is 5.22. The van der Waals surface area contributed by atoms with Crippen molar-refractivity contribution in [3.63, 3.8) is 0 Å². The molecular weight excluding hydrogens is 453 g/mol. The molecular formula is C24H26FN7O3. The Kier molecular flexibility index (Phi) is 5.37. The Morgan fingerprint density at radius 1 is 1.29 bits per heavy atom. The summed E-state index contributed by atoms with van der Waals surface area (Å²) < 4.78 is 22.7. The van der Waals surface area contributed by atoms with Gasteiger partial charge in [0.2, 0.25) is 0 Å². The molecule has 4 aromatic heterocycles.